The second-order valence-electron chi connectivity index (χ2n) is 6.70. The summed E-state index contributed by atoms with van der Waals surface area (Å²) in [6.07, 6.45) is 3.71. The molecule has 0 saturated carbocycles. The molecule has 5 rings (SSSR count). The number of anilines is 2. The molecule has 0 aliphatic carbocycles. The zero-order chi connectivity index (χ0) is 18.5. The first kappa shape index (κ1) is 16.7. The second kappa shape index (κ2) is 6.31. The lowest BCUT2D eigenvalue weighted by atomic mass is 10.2. The van der Waals surface area contributed by atoms with Crippen molar-refractivity contribution in [2.45, 2.75) is 13.8 Å². The highest BCUT2D eigenvalue weighted by Gasteiger charge is 2.23. The van der Waals surface area contributed by atoms with Crippen LogP contribution in [-0.4, -0.2) is 50.7 Å². The Morgan fingerprint density at radius 3 is 2.59 bits per heavy atom. The van der Waals surface area contributed by atoms with Gasteiger partial charge in [-0.05, 0) is 25.5 Å². The minimum atomic E-state index is 0.774. The molecular formula is C18H18ClN7S. The largest absolute Gasteiger partial charge is 0.350 e. The fraction of sp³-hybridized carbons (Fsp3) is 0.333. The maximum atomic E-state index is 6.36. The quantitative estimate of drug-likeness (QED) is 0.515. The van der Waals surface area contributed by atoms with Gasteiger partial charge >= 0.3 is 0 Å². The molecule has 0 unspecified atom stereocenters. The van der Waals surface area contributed by atoms with Gasteiger partial charge in [-0.1, -0.05) is 29.0 Å². The maximum Gasteiger partial charge on any atom is 0.203 e. The molecule has 7 nitrogen and oxygen atoms in total. The van der Waals surface area contributed by atoms with Crippen LogP contribution in [0.1, 0.15) is 11.4 Å². The third-order valence-electron chi connectivity index (χ3n) is 5.01. The van der Waals surface area contributed by atoms with Gasteiger partial charge in [0.25, 0.3) is 0 Å². The van der Waals surface area contributed by atoms with Crippen molar-refractivity contribution in [3.8, 4) is 0 Å². The molecule has 1 fully saturated rings. The molecule has 1 aliphatic rings. The molecule has 1 saturated heterocycles. The first-order valence-electron chi connectivity index (χ1n) is 8.84. The van der Waals surface area contributed by atoms with Crippen molar-refractivity contribution in [2.75, 3.05) is 36.0 Å². The number of aromatic nitrogens is 5. The molecule has 1 aromatic carbocycles. The molecule has 4 aromatic rings. The van der Waals surface area contributed by atoms with E-state index in [0.717, 1.165) is 69.4 Å². The lowest BCUT2D eigenvalue weighted by molar-refractivity contribution is 0.646. The monoisotopic (exact) mass is 399 g/mol. The second-order valence-corrected chi connectivity index (χ2v) is 8.09. The molecule has 0 spiro atoms. The average molecular weight is 400 g/mol. The zero-order valence-electron chi connectivity index (χ0n) is 15.1. The van der Waals surface area contributed by atoms with Crippen molar-refractivity contribution in [2.24, 2.45) is 0 Å². The summed E-state index contributed by atoms with van der Waals surface area (Å²) in [4.78, 5) is 14.0. The first-order chi connectivity index (χ1) is 13.1. The molecule has 0 radical (unpaired) electrons. The predicted molar refractivity (Wildman–Crippen MR) is 109 cm³/mol. The Morgan fingerprint density at radius 1 is 1.04 bits per heavy atom. The van der Waals surface area contributed by atoms with Crippen LogP contribution >= 0.6 is 22.9 Å². The Hall–Kier alpha value is -2.45. The van der Waals surface area contributed by atoms with Gasteiger partial charge in [0.1, 0.15) is 5.82 Å². The molecule has 0 N–H and O–H groups in total. The first-order valence-corrected chi connectivity index (χ1v) is 10.0. The molecule has 0 atom stereocenters. The smallest absolute Gasteiger partial charge is 0.203 e. The van der Waals surface area contributed by atoms with Gasteiger partial charge in [-0.15, -0.1) is 10.2 Å². The number of aryl methyl sites for hydroxylation is 2. The van der Waals surface area contributed by atoms with E-state index >= 15 is 0 Å². The van der Waals surface area contributed by atoms with Crippen molar-refractivity contribution in [3.63, 3.8) is 0 Å². The number of fused-ring (bicyclic) bond motifs is 2. The maximum absolute atomic E-state index is 6.36. The van der Waals surface area contributed by atoms with Gasteiger partial charge in [-0.25, -0.2) is 9.97 Å². The Labute approximate surface area is 165 Å². The number of piperazine rings is 1. The van der Waals surface area contributed by atoms with Gasteiger partial charge in [0.15, 0.2) is 10.9 Å². The van der Waals surface area contributed by atoms with Crippen LogP contribution in [0.15, 0.2) is 24.5 Å². The highest BCUT2D eigenvalue weighted by molar-refractivity contribution is 7.22. The van der Waals surface area contributed by atoms with E-state index in [1.165, 1.54) is 0 Å². The summed E-state index contributed by atoms with van der Waals surface area (Å²) in [5, 5.41) is 10.3. The number of thiazole rings is 1. The van der Waals surface area contributed by atoms with Gasteiger partial charge in [0.2, 0.25) is 5.65 Å². The Morgan fingerprint density at radius 2 is 1.81 bits per heavy atom. The van der Waals surface area contributed by atoms with E-state index in [1.54, 1.807) is 11.3 Å². The molecule has 3 aromatic heterocycles. The van der Waals surface area contributed by atoms with Crippen LogP contribution in [0.4, 0.5) is 10.9 Å². The van der Waals surface area contributed by atoms with Gasteiger partial charge in [0, 0.05) is 38.6 Å². The molecule has 27 heavy (non-hydrogen) atoms. The minimum absolute atomic E-state index is 0.774. The van der Waals surface area contributed by atoms with Gasteiger partial charge < -0.3 is 9.80 Å². The summed E-state index contributed by atoms with van der Waals surface area (Å²) in [5.74, 6) is 1.76. The fourth-order valence-electron chi connectivity index (χ4n) is 3.49. The molecule has 4 heterocycles. The van der Waals surface area contributed by atoms with Crippen molar-refractivity contribution in [1.82, 2.24) is 24.6 Å². The highest BCUT2D eigenvalue weighted by Crippen LogP contribution is 2.36. The Bertz CT molecular complexity index is 1100. The number of nitrogens with zero attached hydrogens (tertiary/aromatic N) is 7. The molecule has 9 heteroatoms. The van der Waals surface area contributed by atoms with Gasteiger partial charge in [0.05, 0.1) is 15.2 Å². The zero-order valence-corrected chi connectivity index (χ0v) is 16.6. The summed E-state index contributed by atoms with van der Waals surface area (Å²) in [5.41, 5.74) is 2.98. The van der Waals surface area contributed by atoms with Gasteiger partial charge in [-0.2, -0.15) is 0 Å². The molecule has 0 bridgehead atoms. The van der Waals surface area contributed by atoms with E-state index < -0.39 is 0 Å². The van der Waals surface area contributed by atoms with E-state index in [2.05, 4.69) is 31.9 Å². The Balaban J connectivity index is 1.40. The molecule has 138 valence electrons. The fourth-order valence-corrected chi connectivity index (χ4v) is 4.86. The number of hydrogen-bond donors (Lipinski definition) is 0. The van der Waals surface area contributed by atoms with Crippen LogP contribution in [0.3, 0.4) is 0 Å². The summed E-state index contributed by atoms with van der Waals surface area (Å²) in [6, 6.07) is 3.98. The van der Waals surface area contributed by atoms with Crippen LogP contribution < -0.4 is 9.80 Å². The van der Waals surface area contributed by atoms with Crippen molar-refractivity contribution >= 4 is 49.8 Å². The summed E-state index contributed by atoms with van der Waals surface area (Å²) < 4.78 is 3.05. The third-order valence-corrected chi connectivity index (χ3v) is 6.59. The van der Waals surface area contributed by atoms with Crippen LogP contribution in [0.5, 0.6) is 0 Å². The summed E-state index contributed by atoms with van der Waals surface area (Å²) >= 11 is 8.03. The van der Waals surface area contributed by atoms with Crippen LogP contribution in [0, 0.1) is 13.8 Å². The standard InChI is InChI=1S/C18H18ClN7S/c1-11-3-4-13(19)15-14(11)21-18(27-15)25-9-7-24(8-10-25)16-17-23-22-12(2)26(17)6-5-20-16/h3-6H,7-10H2,1-2H3. The number of halogens is 1. The summed E-state index contributed by atoms with van der Waals surface area (Å²) in [6.45, 7) is 7.51. The minimum Gasteiger partial charge on any atom is -0.350 e. The number of hydrogen-bond acceptors (Lipinski definition) is 7. The predicted octanol–water partition coefficient (Wildman–Crippen LogP) is 3.33. The molecule has 0 amide bonds. The van der Waals surface area contributed by atoms with Crippen molar-refractivity contribution in [3.05, 3.63) is 40.9 Å². The lowest BCUT2D eigenvalue weighted by Crippen LogP contribution is -2.47. The van der Waals surface area contributed by atoms with Crippen molar-refractivity contribution in [1.29, 1.82) is 0 Å². The van der Waals surface area contributed by atoms with Crippen LogP contribution in [-0.2, 0) is 0 Å². The lowest BCUT2D eigenvalue weighted by Gasteiger charge is -2.35. The van der Waals surface area contributed by atoms with E-state index in [4.69, 9.17) is 16.6 Å². The van der Waals surface area contributed by atoms with Crippen LogP contribution in [0.25, 0.3) is 15.9 Å². The number of benzene rings is 1. The van der Waals surface area contributed by atoms with E-state index in [9.17, 15) is 0 Å². The van der Waals surface area contributed by atoms with Crippen molar-refractivity contribution < 1.29 is 0 Å². The third kappa shape index (κ3) is 2.71. The molecule has 1 aliphatic heterocycles. The topological polar surface area (TPSA) is 62.5 Å². The highest BCUT2D eigenvalue weighted by atomic mass is 35.5. The normalized spacial score (nSPS) is 15.2. The molecular weight excluding hydrogens is 382 g/mol. The van der Waals surface area contributed by atoms with Gasteiger partial charge in [-0.3, -0.25) is 4.40 Å². The SMILES string of the molecule is Cc1ccc(Cl)c2sc(N3CCN(c4nccn5c(C)nnc45)CC3)nc12. The van der Waals surface area contributed by atoms with Crippen LogP contribution in [0.2, 0.25) is 5.02 Å². The Kier molecular flexibility index (Phi) is 3.91. The average Bonchev–Trinajstić information content (AvgIpc) is 3.30. The van der Waals surface area contributed by atoms with E-state index in [-0.39, 0.29) is 0 Å². The summed E-state index contributed by atoms with van der Waals surface area (Å²) in [7, 11) is 0. The van der Waals surface area contributed by atoms with E-state index in [0.29, 0.717) is 0 Å². The van der Waals surface area contributed by atoms with E-state index in [1.807, 2.05) is 35.9 Å². The number of rotatable bonds is 2.